The van der Waals surface area contributed by atoms with Gasteiger partial charge in [0.15, 0.2) is 0 Å². The van der Waals surface area contributed by atoms with Crippen molar-refractivity contribution in [3.8, 4) is 0 Å². The van der Waals surface area contributed by atoms with E-state index >= 15 is 0 Å². The summed E-state index contributed by atoms with van der Waals surface area (Å²) in [5.41, 5.74) is 0. The van der Waals surface area contributed by atoms with E-state index in [0.717, 1.165) is 32.5 Å². The van der Waals surface area contributed by atoms with Gasteiger partial charge in [-0.3, -0.25) is 4.79 Å². The predicted molar refractivity (Wildman–Crippen MR) is 83.4 cm³/mol. The Bertz CT molecular complexity index is 195. The molecule has 1 amide bonds. The summed E-state index contributed by atoms with van der Waals surface area (Å²) in [4.78, 5) is 11.5. The van der Waals surface area contributed by atoms with Crippen LogP contribution in [0.5, 0.6) is 0 Å². The lowest BCUT2D eigenvalue weighted by Gasteiger charge is -2.06. The van der Waals surface area contributed by atoms with Crippen molar-refractivity contribution < 1.29 is 4.79 Å². The van der Waals surface area contributed by atoms with Crippen molar-refractivity contribution in [3.63, 3.8) is 0 Å². The number of carbonyl (C=O) groups excluding carboxylic acids is 1. The highest BCUT2D eigenvalue weighted by molar-refractivity contribution is 5.75. The van der Waals surface area contributed by atoms with Crippen molar-refractivity contribution in [2.45, 2.75) is 78.1 Å². The smallest absolute Gasteiger partial charge is 0.219 e. The van der Waals surface area contributed by atoms with Crippen LogP contribution in [0.2, 0.25) is 0 Å². The molecule has 3 heteroatoms. The van der Waals surface area contributed by atoms with Gasteiger partial charge >= 0.3 is 0 Å². The highest BCUT2D eigenvalue weighted by Gasteiger charge is 2.00. The Morgan fingerprint density at radius 3 is 2.11 bits per heavy atom. The fourth-order valence-electron chi connectivity index (χ4n) is 2.07. The Morgan fingerprint density at radius 2 is 1.42 bits per heavy atom. The lowest BCUT2D eigenvalue weighted by atomic mass is 10.1. The summed E-state index contributed by atoms with van der Waals surface area (Å²) in [5.74, 6) is 0.226. The SMILES string of the molecule is CCCCCCCCCC(=O)NCCCNCCC. The Balaban J connectivity index is 3.13. The minimum Gasteiger partial charge on any atom is -0.356 e. The van der Waals surface area contributed by atoms with Gasteiger partial charge in [0.2, 0.25) is 5.91 Å². The molecule has 0 aromatic rings. The predicted octanol–water partition coefficient (Wildman–Crippen LogP) is 3.63. The van der Waals surface area contributed by atoms with E-state index in [0.29, 0.717) is 6.42 Å². The third-order valence-corrected chi connectivity index (χ3v) is 3.29. The van der Waals surface area contributed by atoms with E-state index in [9.17, 15) is 4.79 Å². The van der Waals surface area contributed by atoms with E-state index in [1.807, 2.05) is 0 Å². The van der Waals surface area contributed by atoms with Crippen LogP contribution < -0.4 is 10.6 Å². The molecule has 0 saturated carbocycles. The summed E-state index contributed by atoms with van der Waals surface area (Å²) in [5, 5.41) is 6.33. The summed E-state index contributed by atoms with van der Waals surface area (Å²) in [6, 6.07) is 0. The molecule has 0 aromatic heterocycles. The van der Waals surface area contributed by atoms with E-state index in [-0.39, 0.29) is 5.91 Å². The van der Waals surface area contributed by atoms with Gasteiger partial charge in [-0.1, -0.05) is 52.4 Å². The van der Waals surface area contributed by atoms with Crippen LogP contribution in [-0.4, -0.2) is 25.5 Å². The van der Waals surface area contributed by atoms with E-state index in [4.69, 9.17) is 0 Å². The molecule has 0 unspecified atom stereocenters. The molecule has 114 valence electrons. The first-order valence-corrected chi connectivity index (χ1v) is 8.28. The van der Waals surface area contributed by atoms with Crippen LogP contribution in [0.3, 0.4) is 0 Å². The van der Waals surface area contributed by atoms with E-state index in [1.165, 1.54) is 44.9 Å². The molecule has 0 heterocycles. The third kappa shape index (κ3) is 15.4. The number of amides is 1. The van der Waals surface area contributed by atoms with Crippen LogP contribution in [0.1, 0.15) is 78.1 Å². The summed E-state index contributed by atoms with van der Waals surface area (Å²) < 4.78 is 0. The van der Waals surface area contributed by atoms with Crippen LogP contribution in [0, 0.1) is 0 Å². The summed E-state index contributed by atoms with van der Waals surface area (Å²) in [7, 11) is 0. The molecular formula is C16H34N2O. The molecule has 0 saturated heterocycles. The minimum absolute atomic E-state index is 0.226. The fraction of sp³-hybridized carbons (Fsp3) is 0.938. The fourth-order valence-corrected chi connectivity index (χ4v) is 2.07. The van der Waals surface area contributed by atoms with Gasteiger partial charge in [0.05, 0.1) is 0 Å². The van der Waals surface area contributed by atoms with Crippen LogP contribution in [0.25, 0.3) is 0 Å². The molecule has 0 aromatic carbocycles. The Kier molecular flexibility index (Phi) is 15.0. The molecule has 0 atom stereocenters. The van der Waals surface area contributed by atoms with Crippen molar-refractivity contribution in [2.75, 3.05) is 19.6 Å². The summed E-state index contributed by atoms with van der Waals surface area (Å²) >= 11 is 0. The molecule has 0 fully saturated rings. The highest BCUT2D eigenvalue weighted by atomic mass is 16.1. The molecule has 0 spiro atoms. The van der Waals surface area contributed by atoms with Gasteiger partial charge in [-0.25, -0.2) is 0 Å². The second-order valence-corrected chi connectivity index (χ2v) is 5.32. The van der Waals surface area contributed by atoms with E-state index in [2.05, 4.69) is 24.5 Å². The number of nitrogens with one attached hydrogen (secondary N) is 2. The maximum atomic E-state index is 11.5. The lowest BCUT2D eigenvalue weighted by molar-refractivity contribution is -0.121. The van der Waals surface area contributed by atoms with Gasteiger partial charge in [-0.15, -0.1) is 0 Å². The first-order valence-electron chi connectivity index (χ1n) is 8.28. The third-order valence-electron chi connectivity index (χ3n) is 3.29. The number of hydrogen-bond donors (Lipinski definition) is 2. The maximum absolute atomic E-state index is 11.5. The van der Waals surface area contributed by atoms with Crippen molar-refractivity contribution in [1.82, 2.24) is 10.6 Å². The number of unbranched alkanes of at least 4 members (excludes halogenated alkanes) is 6. The molecule has 0 radical (unpaired) electrons. The largest absolute Gasteiger partial charge is 0.356 e. The Labute approximate surface area is 119 Å². The van der Waals surface area contributed by atoms with Crippen LogP contribution in [0.4, 0.5) is 0 Å². The molecule has 19 heavy (non-hydrogen) atoms. The normalized spacial score (nSPS) is 10.6. The second kappa shape index (κ2) is 15.5. The Hall–Kier alpha value is -0.570. The zero-order valence-electron chi connectivity index (χ0n) is 13.1. The first kappa shape index (κ1) is 18.4. The molecule has 0 aliphatic heterocycles. The summed E-state index contributed by atoms with van der Waals surface area (Å²) in [6.45, 7) is 7.29. The van der Waals surface area contributed by atoms with Crippen LogP contribution in [-0.2, 0) is 4.79 Å². The molecule has 0 bridgehead atoms. The maximum Gasteiger partial charge on any atom is 0.219 e. The first-order chi connectivity index (χ1) is 9.31. The topological polar surface area (TPSA) is 41.1 Å². The van der Waals surface area contributed by atoms with Gasteiger partial charge < -0.3 is 10.6 Å². The number of hydrogen-bond acceptors (Lipinski definition) is 2. The number of rotatable bonds is 14. The van der Waals surface area contributed by atoms with Crippen molar-refractivity contribution in [3.05, 3.63) is 0 Å². The van der Waals surface area contributed by atoms with Gasteiger partial charge in [0.25, 0.3) is 0 Å². The zero-order valence-corrected chi connectivity index (χ0v) is 13.1. The molecule has 0 rings (SSSR count). The van der Waals surface area contributed by atoms with Crippen LogP contribution >= 0.6 is 0 Å². The quantitative estimate of drug-likeness (QED) is 0.473. The number of carbonyl (C=O) groups is 1. The van der Waals surface area contributed by atoms with Gasteiger partial charge in [0, 0.05) is 13.0 Å². The van der Waals surface area contributed by atoms with Crippen molar-refractivity contribution in [1.29, 1.82) is 0 Å². The monoisotopic (exact) mass is 270 g/mol. The standard InChI is InChI=1S/C16H34N2O/c1-3-5-6-7-8-9-10-12-16(19)18-15-11-14-17-13-4-2/h17H,3-15H2,1-2H3,(H,18,19). The molecule has 3 nitrogen and oxygen atoms in total. The van der Waals surface area contributed by atoms with Crippen LogP contribution in [0.15, 0.2) is 0 Å². The van der Waals surface area contributed by atoms with Gasteiger partial charge in [0.1, 0.15) is 0 Å². The molecule has 0 aliphatic carbocycles. The lowest BCUT2D eigenvalue weighted by Crippen LogP contribution is -2.27. The second-order valence-electron chi connectivity index (χ2n) is 5.32. The van der Waals surface area contributed by atoms with Crippen molar-refractivity contribution in [2.24, 2.45) is 0 Å². The average Bonchev–Trinajstić information content (AvgIpc) is 2.41. The average molecular weight is 270 g/mol. The molecular weight excluding hydrogens is 236 g/mol. The summed E-state index contributed by atoms with van der Waals surface area (Å²) in [6.07, 6.45) is 11.8. The highest BCUT2D eigenvalue weighted by Crippen LogP contribution is 2.08. The van der Waals surface area contributed by atoms with Crippen molar-refractivity contribution >= 4 is 5.91 Å². The van der Waals surface area contributed by atoms with Gasteiger partial charge in [-0.05, 0) is 32.4 Å². The van der Waals surface area contributed by atoms with E-state index in [1.54, 1.807) is 0 Å². The zero-order chi connectivity index (χ0) is 14.2. The van der Waals surface area contributed by atoms with E-state index < -0.39 is 0 Å². The minimum atomic E-state index is 0.226. The van der Waals surface area contributed by atoms with Gasteiger partial charge in [-0.2, -0.15) is 0 Å². The Morgan fingerprint density at radius 1 is 0.737 bits per heavy atom. The molecule has 2 N–H and O–H groups in total. The molecule has 0 aliphatic rings.